The molecule has 1 amide bonds. The van der Waals surface area contributed by atoms with E-state index in [9.17, 15) is 4.79 Å². The Morgan fingerprint density at radius 2 is 2.04 bits per heavy atom. The van der Waals surface area contributed by atoms with Gasteiger partial charge in [-0.3, -0.25) is 4.79 Å². The van der Waals surface area contributed by atoms with Crippen LogP contribution < -0.4 is 10.6 Å². The van der Waals surface area contributed by atoms with E-state index in [4.69, 9.17) is 11.6 Å². The van der Waals surface area contributed by atoms with Crippen LogP contribution in [0.3, 0.4) is 0 Å². The standard InChI is InChI=1S/C18H21ClN2O.C2H2/c1-2-15-11-16(19)9-10-17(15)20-13-18(22)21-12-14-7-5-3-4-6-8-14;1-2/h3-7,9-11,20H,2,8,12-13H2,1H3,(H,21,22);1-2H. The van der Waals surface area contributed by atoms with Crippen LogP contribution in [-0.2, 0) is 11.2 Å². The number of nitrogens with one attached hydrogen (secondary N) is 2. The molecule has 0 saturated heterocycles. The van der Waals surface area contributed by atoms with Crippen molar-refractivity contribution >= 4 is 23.2 Å². The first kappa shape index (κ1) is 19.6. The quantitative estimate of drug-likeness (QED) is 0.763. The average Bonchev–Trinajstić information content (AvgIpc) is 2.89. The molecule has 2 rings (SSSR count). The van der Waals surface area contributed by atoms with E-state index in [1.165, 1.54) is 5.57 Å². The average molecular weight is 343 g/mol. The molecule has 0 radical (unpaired) electrons. The molecule has 24 heavy (non-hydrogen) atoms. The minimum atomic E-state index is -0.0184. The van der Waals surface area contributed by atoms with E-state index in [0.29, 0.717) is 11.6 Å². The third-order valence-corrected chi connectivity index (χ3v) is 3.71. The number of carbonyl (C=O) groups is 1. The van der Waals surface area contributed by atoms with Gasteiger partial charge in [-0.25, -0.2) is 0 Å². The highest BCUT2D eigenvalue weighted by molar-refractivity contribution is 6.30. The zero-order valence-corrected chi connectivity index (χ0v) is 14.6. The molecule has 1 aliphatic carbocycles. The van der Waals surface area contributed by atoms with Gasteiger partial charge >= 0.3 is 0 Å². The summed E-state index contributed by atoms with van der Waals surface area (Å²) in [6.07, 6.45) is 19.9. The molecule has 126 valence electrons. The number of hydrogen-bond acceptors (Lipinski definition) is 2. The van der Waals surface area contributed by atoms with E-state index in [2.05, 4.69) is 36.5 Å². The van der Waals surface area contributed by atoms with Gasteiger partial charge in [0.25, 0.3) is 0 Å². The molecule has 0 atom stereocenters. The van der Waals surface area contributed by atoms with Crippen LogP contribution in [0.25, 0.3) is 0 Å². The minimum absolute atomic E-state index is 0.0184. The summed E-state index contributed by atoms with van der Waals surface area (Å²) < 4.78 is 0. The predicted molar refractivity (Wildman–Crippen MR) is 103 cm³/mol. The Morgan fingerprint density at radius 1 is 1.25 bits per heavy atom. The van der Waals surface area contributed by atoms with Crippen molar-refractivity contribution in [1.29, 1.82) is 0 Å². The smallest absolute Gasteiger partial charge is 0.239 e. The van der Waals surface area contributed by atoms with Gasteiger partial charge in [-0.15, -0.1) is 12.8 Å². The highest BCUT2D eigenvalue weighted by atomic mass is 35.5. The first-order valence-electron chi connectivity index (χ1n) is 7.82. The number of rotatable bonds is 6. The van der Waals surface area contributed by atoms with Gasteiger partial charge in [0.1, 0.15) is 0 Å². The number of aryl methyl sites for hydroxylation is 1. The van der Waals surface area contributed by atoms with Gasteiger partial charge in [0.15, 0.2) is 0 Å². The van der Waals surface area contributed by atoms with Crippen molar-refractivity contribution in [3.05, 3.63) is 64.7 Å². The maximum Gasteiger partial charge on any atom is 0.239 e. The molecular formula is C20H23ClN2O. The first-order valence-corrected chi connectivity index (χ1v) is 8.20. The minimum Gasteiger partial charge on any atom is -0.376 e. The number of amides is 1. The molecule has 3 nitrogen and oxygen atoms in total. The molecule has 1 aliphatic rings. The van der Waals surface area contributed by atoms with Crippen LogP contribution in [0, 0.1) is 12.8 Å². The Kier molecular flexibility index (Phi) is 9.11. The second-order valence-electron chi connectivity index (χ2n) is 5.13. The highest BCUT2D eigenvalue weighted by Crippen LogP contribution is 2.20. The molecule has 0 heterocycles. The van der Waals surface area contributed by atoms with E-state index in [1.54, 1.807) is 0 Å². The Balaban J connectivity index is 0.00000139. The second-order valence-corrected chi connectivity index (χ2v) is 5.56. The lowest BCUT2D eigenvalue weighted by Gasteiger charge is -2.12. The Bertz CT molecular complexity index is 657. The Hall–Kier alpha value is -2.44. The second kappa shape index (κ2) is 11.2. The lowest BCUT2D eigenvalue weighted by atomic mass is 10.1. The molecule has 0 aromatic heterocycles. The van der Waals surface area contributed by atoms with Crippen LogP contribution in [0.15, 0.2) is 54.2 Å². The van der Waals surface area contributed by atoms with Crippen molar-refractivity contribution < 1.29 is 4.79 Å². The van der Waals surface area contributed by atoms with Gasteiger partial charge in [0, 0.05) is 17.3 Å². The number of carbonyl (C=O) groups excluding carboxylic acids is 1. The lowest BCUT2D eigenvalue weighted by Crippen LogP contribution is -2.31. The van der Waals surface area contributed by atoms with Gasteiger partial charge in [-0.1, -0.05) is 48.9 Å². The third-order valence-electron chi connectivity index (χ3n) is 3.47. The van der Waals surface area contributed by atoms with Crippen molar-refractivity contribution in [2.75, 3.05) is 18.4 Å². The van der Waals surface area contributed by atoms with Crippen LogP contribution >= 0.6 is 11.6 Å². The summed E-state index contributed by atoms with van der Waals surface area (Å²) in [5.41, 5.74) is 3.27. The van der Waals surface area contributed by atoms with Gasteiger partial charge in [0.05, 0.1) is 6.54 Å². The molecule has 2 N–H and O–H groups in total. The molecule has 0 unspecified atom stereocenters. The lowest BCUT2D eigenvalue weighted by molar-refractivity contribution is -0.119. The SMILES string of the molecule is C#C.CCc1cc(Cl)ccc1NCC(=O)NCC1=CC=CC=CC1. The normalized spacial score (nSPS) is 12.4. The molecule has 0 saturated carbocycles. The van der Waals surface area contributed by atoms with Crippen molar-refractivity contribution in [1.82, 2.24) is 5.32 Å². The largest absolute Gasteiger partial charge is 0.376 e. The van der Waals surface area contributed by atoms with Crippen LogP contribution in [0.1, 0.15) is 18.9 Å². The molecule has 0 spiro atoms. The first-order chi connectivity index (χ1) is 11.7. The summed E-state index contributed by atoms with van der Waals surface area (Å²) in [6.45, 7) is 2.90. The Labute approximate surface area is 149 Å². The number of benzene rings is 1. The van der Waals surface area contributed by atoms with Crippen LogP contribution in [0.2, 0.25) is 5.02 Å². The van der Waals surface area contributed by atoms with Crippen LogP contribution in [0.5, 0.6) is 0 Å². The summed E-state index contributed by atoms with van der Waals surface area (Å²) in [5.74, 6) is -0.0184. The van der Waals surface area contributed by atoms with Crippen molar-refractivity contribution in [2.45, 2.75) is 19.8 Å². The van der Waals surface area contributed by atoms with Crippen molar-refractivity contribution in [3.8, 4) is 12.8 Å². The molecular weight excluding hydrogens is 320 g/mol. The molecule has 4 heteroatoms. The Morgan fingerprint density at radius 3 is 2.79 bits per heavy atom. The van der Waals surface area contributed by atoms with E-state index in [-0.39, 0.29) is 12.5 Å². The van der Waals surface area contributed by atoms with E-state index in [0.717, 1.165) is 24.1 Å². The number of hydrogen-bond donors (Lipinski definition) is 2. The molecule has 0 bridgehead atoms. The van der Waals surface area contributed by atoms with Crippen molar-refractivity contribution in [2.24, 2.45) is 0 Å². The van der Waals surface area contributed by atoms with Gasteiger partial charge in [-0.05, 0) is 42.2 Å². The molecule has 1 aromatic rings. The van der Waals surface area contributed by atoms with Gasteiger partial charge < -0.3 is 10.6 Å². The summed E-state index contributed by atoms with van der Waals surface area (Å²) >= 11 is 5.98. The van der Waals surface area contributed by atoms with Gasteiger partial charge in [0.2, 0.25) is 5.91 Å². The zero-order chi connectivity index (χ0) is 17.8. The fourth-order valence-electron chi connectivity index (χ4n) is 2.23. The maximum atomic E-state index is 11.9. The van der Waals surface area contributed by atoms with Crippen molar-refractivity contribution in [3.63, 3.8) is 0 Å². The fraction of sp³-hybridized carbons (Fsp3) is 0.250. The molecule has 0 aliphatic heterocycles. The molecule has 0 fully saturated rings. The third kappa shape index (κ3) is 6.76. The monoisotopic (exact) mass is 342 g/mol. The maximum absolute atomic E-state index is 11.9. The number of allylic oxidation sites excluding steroid dienone is 5. The summed E-state index contributed by atoms with van der Waals surface area (Å²) in [4.78, 5) is 11.9. The molecule has 1 aromatic carbocycles. The zero-order valence-electron chi connectivity index (χ0n) is 13.9. The highest BCUT2D eigenvalue weighted by Gasteiger charge is 2.05. The predicted octanol–water partition coefficient (Wildman–Crippen LogP) is 4.12. The number of terminal acetylenes is 1. The number of anilines is 1. The summed E-state index contributed by atoms with van der Waals surface area (Å²) in [6, 6.07) is 5.67. The van der Waals surface area contributed by atoms with Crippen LogP contribution in [-0.4, -0.2) is 19.0 Å². The summed E-state index contributed by atoms with van der Waals surface area (Å²) in [7, 11) is 0. The van der Waals surface area contributed by atoms with Crippen LogP contribution in [0.4, 0.5) is 5.69 Å². The topological polar surface area (TPSA) is 41.1 Å². The van der Waals surface area contributed by atoms with E-state index in [1.807, 2.05) is 42.5 Å². The van der Waals surface area contributed by atoms with E-state index >= 15 is 0 Å². The number of halogens is 1. The van der Waals surface area contributed by atoms with Gasteiger partial charge in [-0.2, -0.15) is 0 Å². The fourth-order valence-corrected chi connectivity index (χ4v) is 2.42. The summed E-state index contributed by atoms with van der Waals surface area (Å²) in [5, 5.41) is 6.82. The van der Waals surface area contributed by atoms with E-state index < -0.39 is 0 Å².